The third-order valence-corrected chi connectivity index (χ3v) is 7.00. The summed E-state index contributed by atoms with van der Waals surface area (Å²) in [5.41, 5.74) is 1.02. The zero-order valence-corrected chi connectivity index (χ0v) is 17.0. The van der Waals surface area contributed by atoms with E-state index >= 15 is 0 Å². The number of fused-ring (bicyclic) bond motifs is 1. The maximum atomic E-state index is 12.9. The maximum absolute atomic E-state index is 12.9. The van der Waals surface area contributed by atoms with Crippen molar-refractivity contribution >= 4 is 50.4 Å². The van der Waals surface area contributed by atoms with E-state index in [0.717, 1.165) is 22.2 Å². The molecule has 142 valence electrons. The van der Waals surface area contributed by atoms with Crippen molar-refractivity contribution < 1.29 is 15.0 Å². The number of benzene rings is 1. The number of rotatable bonds is 5. The van der Waals surface area contributed by atoms with E-state index in [1.165, 1.54) is 34.1 Å². The van der Waals surface area contributed by atoms with Crippen LogP contribution >= 0.6 is 34.4 Å². The van der Waals surface area contributed by atoms with Crippen molar-refractivity contribution in [3.8, 4) is 21.9 Å². The van der Waals surface area contributed by atoms with Crippen LogP contribution in [0.25, 0.3) is 20.7 Å². The molecule has 3 heterocycles. The van der Waals surface area contributed by atoms with E-state index < -0.39 is 0 Å². The molecule has 0 aliphatic carbocycles. The summed E-state index contributed by atoms with van der Waals surface area (Å²) in [5, 5.41) is 23.9. The number of carbonyl (C=O) groups is 1. The van der Waals surface area contributed by atoms with Gasteiger partial charge >= 0.3 is 0 Å². The highest BCUT2D eigenvalue weighted by Gasteiger charge is 2.17. The molecule has 2 N–H and O–H groups in total. The maximum Gasteiger partial charge on any atom is 0.263 e. The fourth-order valence-corrected chi connectivity index (χ4v) is 5.37. The van der Waals surface area contributed by atoms with Gasteiger partial charge in [0.05, 0.1) is 11.1 Å². The molecule has 9 heteroatoms. The Bertz CT molecular complexity index is 1240. The molecule has 0 amide bonds. The average Bonchev–Trinajstić information content (AvgIpc) is 3.34. The minimum atomic E-state index is -0.345. The second-order valence-corrected chi connectivity index (χ2v) is 8.73. The number of hydrogen-bond acceptors (Lipinski definition) is 8. The zero-order valence-electron chi connectivity index (χ0n) is 14.6. The van der Waals surface area contributed by atoms with Crippen LogP contribution in [0.2, 0.25) is 0 Å². The number of phenolic OH excluding ortho intramolecular Hbond substituents is 2. The third-order valence-electron chi connectivity index (χ3n) is 4.19. The second-order valence-electron chi connectivity index (χ2n) is 5.98. The molecule has 0 aliphatic heterocycles. The van der Waals surface area contributed by atoms with E-state index in [-0.39, 0.29) is 34.2 Å². The highest BCUT2D eigenvalue weighted by Crippen LogP contribution is 2.34. The van der Waals surface area contributed by atoms with Gasteiger partial charge in [-0.2, -0.15) is 0 Å². The van der Waals surface area contributed by atoms with Gasteiger partial charge in [-0.1, -0.05) is 17.8 Å². The van der Waals surface area contributed by atoms with E-state index in [2.05, 4.69) is 4.98 Å². The molecule has 6 nitrogen and oxygen atoms in total. The average molecular weight is 431 g/mol. The Kier molecular flexibility index (Phi) is 4.96. The van der Waals surface area contributed by atoms with Crippen LogP contribution < -0.4 is 5.56 Å². The summed E-state index contributed by atoms with van der Waals surface area (Å²) in [6.07, 6.45) is 0. The Labute approximate surface area is 171 Å². The van der Waals surface area contributed by atoms with Crippen molar-refractivity contribution in [3.63, 3.8) is 0 Å². The lowest BCUT2D eigenvalue weighted by Gasteiger charge is -2.08. The van der Waals surface area contributed by atoms with Gasteiger partial charge < -0.3 is 10.2 Å². The van der Waals surface area contributed by atoms with Crippen molar-refractivity contribution in [2.45, 2.75) is 5.16 Å². The van der Waals surface area contributed by atoms with Crippen LogP contribution in [0.4, 0.5) is 0 Å². The van der Waals surface area contributed by atoms with Crippen molar-refractivity contribution in [2.75, 3.05) is 5.75 Å². The number of hydrogen-bond donors (Lipinski definition) is 2. The Morgan fingerprint density at radius 1 is 1.21 bits per heavy atom. The van der Waals surface area contributed by atoms with Crippen molar-refractivity contribution in [1.82, 2.24) is 9.55 Å². The molecule has 4 aromatic rings. The number of thioether (sulfide) groups is 1. The fourth-order valence-electron chi connectivity index (χ4n) is 2.71. The van der Waals surface area contributed by atoms with Crippen molar-refractivity contribution in [3.05, 3.63) is 57.0 Å². The first-order valence-corrected chi connectivity index (χ1v) is 10.9. The van der Waals surface area contributed by atoms with Gasteiger partial charge in [-0.15, -0.1) is 22.7 Å². The van der Waals surface area contributed by atoms with Crippen LogP contribution in [-0.2, 0) is 7.05 Å². The van der Waals surface area contributed by atoms with Gasteiger partial charge in [0.2, 0.25) is 0 Å². The second kappa shape index (κ2) is 7.42. The van der Waals surface area contributed by atoms with E-state index in [0.29, 0.717) is 15.4 Å². The van der Waals surface area contributed by atoms with E-state index in [1.54, 1.807) is 18.4 Å². The quantitative estimate of drug-likeness (QED) is 0.214. The molecule has 1 aromatic carbocycles. The van der Waals surface area contributed by atoms with Gasteiger partial charge in [0.1, 0.15) is 4.83 Å². The van der Waals surface area contributed by atoms with E-state index in [9.17, 15) is 19.8 Å². The van der Waals surface area contributed by atoms with Crippen LogP contribution in [0, 0.1) is 0 Å². The number of Topliss-reactive ketones (excluding diaryl/α,β-unsaturated/α-hetero) is 1. The van der Waals surface area contributed by atoms with Crippen LogP contribution in [0.1, 0.15) is 10.4 Å². The monoisotopic (exact) mass is 430 g/mol. The smallest absolute Gasteiger partial charge is 0.263 e. The number of carbonyl (C=O) groups excluding carboxylic acids is 1. The SMILES string of the molecule is Cn1c(SCC(=O)c2ccc(O)c(O)c2)nc2scc(-c3cccs3)c2c1=O. The van der Waals surface area contributed by atoms with Crippen LogP contribution in [0.15, 0.2) is 51.0 Å². The predicted molar refractivity (Wildman–Crippen MR) is 113 cm³/mol. The number of ketones is 1. The van der Waals surface area contributed by atoms with Gasteiger partial charge in [-0.25, -0.2) is 4.98 Å². The Morgan fingerprint density at radius 2 is 2.04 bits per heavy atom. The number of thiophene rings is 2. The summed E-state index contributed by atoms with van der Waals surface area (Å²) in [5.74, 6) is -0.806. The Morgan fingerprint density at radius 3 is 2.75 bits per heavy atom. The molecule has 0 bridgehead atoms. The molecular weight excluding hydrogens is 416 g/mol. The van der Waals surface area contributed by atoms with Crippen LogP contribution in [0.3, 0.4) is 0 Å². The fraction of sp³-hybridized carbons (Fsp3) is 0.105. The van der Waals surface area contributed by atoms with E-state index in [1.807, 2.05) is 22.9 Å². The van der Waals surface area contributed by atoms with Crippen LogP contribution in [0.5, 0.6) is 11.5 Å². The summed E-state index contributed by atoms with van der Waals surface area (Å²) in [4.78, 5) is 31.5. The lowest BCUT2D eigenvalue weighted by molar-refractivity contribution is 0.102. The van der Waals surface area contributed by atoms with Gasteiger partial charge in [-0.05, 0) is 29.6 Å². The Hall–Kier alpha value is -2.62. The molecule has 28 heavy (non-hydrogen) atoms. The van der Waals surface area contributed by atoms with Gasteiger partial charge in [0.25, 0.3) is 5.56 Å². The summed E-state index contributed by atoms with van der Waals surface area (Å²) < 4.78 is 1.46. The number of phenols is 2. The molecule has 0 unspecified atom stereocenters. The first-order chi connectivity index (χ1) is 13.5. The molecular formula is C19H14N2O4S3. The molecule has 0 atom stereocenters. The largest absolute Gasteiger partial charge is 0.504 e. The van der Waals surface area contributed by atoms with Gasteiger partial charge in [0.15, 0.2) is 22.4 Å². The van der Waals surface area contributed by atoms with Gasteiger partial charge in [-0.3, -0.25) is 14.2 Å². The molecule has 4 rings (SSSR count). The number of nitrogens with zero attached hydrogens (tertiary/aromatic N) is 2. The summed E-state index contributed by atoms with van der Waals surface area (Å²) in [6.45, 7) is 0. The molecule has 0 spiro atoms. The van der Waals surface area contributed by atoms with Crippen molar-refractivity contribution in [1.29, 1.82) is 0 Å². The van der Waals surface area contributed by atoms with Gasteiger partial charge in [0, 0.05) is 28.4 Å². The summed E-state index contributed by atoms with van der Waals surface area (Å²) in [6, 6.07) is 7.85. The molecule has 0 aliphatic rings. The topological polar surface area (TPSA) is 92.4 Å². The van der Waals surface area contributed by atoms with Crippen molar-refractivity contribution in [2.24, 2.45) is 7.05 Å². The first-order valence-electron chi connectivity index (χ1n) is 8.16. The highest BCUT2D eigenvalue weighted by molar-refractivity contribution is 7.99. The predicted octanol–water partition coefficient (Wildman–Crippen LogP) is 4.11. The zero-order chi connectivity index (χ0) is 19.8. The molecule has 0 fully saturated rings. The summed E-state index contributed by atoms with van der Waals surface area (Å²) in [7, 11) is 1.64. The molecule has 3 aromatic heterocycles. The lowest BCUT2D eigenvalue weighted by Crippen LogP contribution is -2.20. The molecule has 0 saturated carbocycles. The first kappa shape index (κ1) is 18.7. The minimum Gasteiger partial charge on any atom is -0.504 e. The summed E-state index contributed by atoms with van der Waals surface area (Å²) >= 11 is 4.14. The normalized spacial score (nSPS) is 11.2. The standard InChI is InChI=1S/C19H14N2O4S3/c1-21-18(25)16-11(15-3-2-6-26-15)8-27-17(16)20-19(21)28-9-14(24)10-4-5-12(22)13(23)7-10/h2-8,22-23H,9H2,1H3. The Balaban J connectivity index is 1.63. The number of aromatic nitrogens is 2. The minimum absolute atomic E-state index is 0.0547. The van der Waals surface area contributed by atoms with Crippen LogP contribution in [-0.4, -0.2) is 31.3 Å². The number of aromatic hydroxyl groups is 2. The third kappa shape index (κ3) is 3.32. The lowest BCUT2D eigenvalue weighted by atomic mass is 10.1. The molecule has 0 radical (unpaired) electrons. The highest BCUT2D eigenvalue weighted by atomic mass is 32.2. The van der Waals surface area contributed by atoms with E-state index in [4.69, 9.17) is 0 Å². The molecule has 0 saturated heterocycles.